The summed E-state index contributed by atoms with van der Waals surface area (Å²) in [6.45, 7) is 0. The molecule has 1 N–H and O–H groups in total. The molecule has 0 fully saturated rings. The first-order valence-electron chi connectivity index (χ1n) is 3.98. The van der Waals surface area contributed by atoms with Gasteiger partial charge in [0, 0.05) is 25.5 Å². The molecule has 0 atom stereocenters. The van der Waals surface area contributed by atoms with E-state index < -0.39 is 0 Å². The number of thiophene rings is 1. The first-order chi connectivity index (χ1) is 6.74. The molecule has 0 spiro atoms. The predicted molar refractivity (Wildman–Crippen MR) is 60.5 cm³/mol. The summed E-state index contributed by atoms with van der Waals surface area (Å²) in [6.07, 6.45) is 0.246. The van der Waals surface area contributed by atoms with Gasteiger partial charge >= 0.3 is 0 Å². The first kappa shape index (κ1) is 9.50. The lowest BCUT2D eigenvalue weighted by molar-refractivity contribution is 0.471. The van der Waals surface area contributed by atoms with Crippen LogP contribution in [0.2, 0.25) is 0 Å². The number of rotatable bonds is 1. The highest BCUT2D eigenvalue weighted by molar-refractivity contribution is 9.10. The van der Waals surface area contributed by atoms with Crippen molar-refractivity contribution in [3.05, 3.63) is 27.5 Å². The van der Waals surface area contributed by atoms with Gasteiger partial charge < -0.3 is 5.11 Å². The molecule has 0 radical (unpaired) electrons. The number of nitrogens with zero attached hydrogens (tertiary/aromatic N) is 1. The van der Waals surface area contributed by atoms with Crippen molar-refractivity contribution < 1.29 is 5.11 Å². The fraction of sp³-hybridized carbons (Fsp3) is 0.100. The zero-order chi connectivity index (χ0) is 10.1. The molecular formula is C10H6BrNOS. The fourth-order valence-corrected chi connectivity index (χ4v) is 3.08. The molecule has 0 saturated carbocycles. The van der Waals surface area contributed by atoms with Gasteiger partial charge in [0.25, 0.3) is 0 Å². The van der Waals surface area contributed by atoms with E-state index in [4.69, 9.17) is 5.26 Å². The Balaban J connectivity index is 2.78. The zero-order valence-corrected chi connectivity index (χ0v) is 9.52. The van der Waals surface area contributed by atoms with Crippen LogP contribution in [0.15, 0.2) is 22.0 Å². The Morgan fingerprint density at radius 2 is 2.29 bits per heavy atom. The van der Waals surface area contributed by atoms with Gasteiger partial charge in [-0.05, 0) is 28.1 Å². The van der Waals surface area contributed by atoms with Gasteiger partial charge in [0.05, 0.1) is 12.5 Å². The highest BCUT2D eigenvalue weighted by Gasteiger charge is 2.10. The Bertz CT molecular complexity index is 527. The second kappa shape index (κ2) is 3.60. The lowest BCUT2D eigenvalue weighted by Gasteiger charge is -2.01. The van der Waals surface area contributed by atoms with Crippen LogP contribution >= 0.6 is 27.3 Å². The molecule has 0 aliphatic rings. The summed E-state index contributed by atoms with van der Waals surface area (Å²) >= 11 is 4.96. The van der Waals surface area contributed by atoms with E-state index in [1.807, 2.05) is 11.4 Å². The van der Waals surface area contributed by atoms with Gasteiger partial charge in [0.1, 0.15) is 5.75 Å². The van der Waals surface area contributed by atoms with Crippen molar-refractivity contribution in [3.8, 4) is 11.8 Å². The van der Waals surface area contributed by atoms with Gasteiger partial charge in [0.15, 0.2) is 0 Å². The second-order valence-electron chi connectivity index (χ2n) is 2.86. The maximum atomic E-state index is 9.59. The van der Waals surface area contributed by atoms with Crippen molar-refractivity contribution in [2.75, 3.05) is 0 Å². The van der Waals surface area contributed by atoms with Crippen molar-refractivity contribution in [3.63, 3.8) is 0 Å². The van der Waals surface area contributed by atoms with E-state index in [1.54, 1.807) is 6.07 Å². The molecule has 1 aromatic heterocycles. The number of fused-ring (bicyclic) bond motifs is 1. The van der Waals surface area contributed by atoms with E-state index in [0.717, 1.165) is 20.1 Å². The minimum absolute atomic E-state index is 0.202. The summed E-state index contributed by atoms with van der Waals surface area (Å²) in [5, 5.41) is 21.2. The summed E-state index contributed by atoms with van der Waals surface area (Å²) in [7, 11) is 0. The molecule has 0 aliphatic heterocycles. The molecule has 0 aliphatic carbocycles. The molecule has 1 aromatic carbocycles. The number of nitriles is 1. The van der Waals surface area contributed by atoms with Crippen molar-refractivity contribution in [1.82, 2.24) is 0 Å². The molecule has 1 heterocycles. The van der Waals surface area contributed by atoms with Crippen LogP contribution in [0.25, 0.3) is 10.1 Å². The minimum Gasteiger partial charge on any atom is -0.508 e. The summed E-state index contributed by atoms with van der Waals surface area (Å²) in [5.41, 5.74) is 0.723. The molecule has 0 bridgehead atoms. The third-order valence-corrected chi connectivity index (χ3v) is 4.04. The van der Waals surface area contributed by atoms with Gasteiger partial charge in [-0.2, -0.15) is 5.26 Å². The van der Waals surface area contributed by atoms with Crippen LogP contribution in [0.1, 0.15) is 5.56 Å². The Labute approximate surface area is 93.5 Å². The molecule has 2 nitrogen and oxygen atoms in total. The van der Waals surface area contributed by atoms with E-state index in [1.165, 1.54) is 11.3 Å². The lowest BCUT2D eigenvalue weighted by atomic mass is 10.1. The third kappa shape index (κ3) is 1.39. The van der Waals surface area contributed by atoms with E-state index in [-0.39, 0.29) is 12.2 Å². The molecular weight excluding hydrogens is 262 g/mol. The number of aromatic hydroxyl groups is 1. The Morgan fingerprint density at radius 3 is 3.00 bits per heavy atom. The van der Waals surface area contributed by atoms with Crippen molar-refractivity contribution in [2.45, 2.75) is 6.42 Å². The van der Waals surface area contributed by atoms with E-state index in [2.05, 4.69) is 22.0 Å². The number of phenolic OH excluding ortho intramolecular Hbond substituents is 1. The second-order valence-corrected chi connectivity index (χ2v) is 4.59. The average Bonchev–Trinajstić information content (AvgIpc) is 2.53. The van der Waals surface area contributed by atoms with Crippen LogP contribution in [0.5, 0.6) is 5.75 Å². The summed E-state index contributed by atoms with van der Waals surface area (Å²) in [5.74, 6) is 0.202. The van der Waals surface area contributed by atoms with Gasteiger partial charge in [-0.15, -0.1) is 11.3 Å². The molecule has 70 valence electrons. The van der Waals surface area contributed by atoms with Crippen LogP contribution in [0.3, 0.4) is 0 Å². The first-order valence-corrected chi connectivity index (χ1v) is 5.66. The van der Waals surface area contributed by atoms with Crippen LogP contribution in [-0.2, 0) is 6.42 Å². The lowest BCUT2D eigenvalue weighted by Crippen LogP contribution is -1.82. The number of phenols is 1. The SMILES string of the molecule is N#CCc1c(O)ccc2c(Br)csc12. The van der Waals surface area contributed by atoms with Gasteiger partial charge in [-0.1, -0.05) is 0 Å². The minimum atomic E-state index is 0.202. The quantitative estimate of drug-likeness (QED) is 0.861. The summed E-state index contributed by atoms with van der Waals surface area (Å²) in [6, 6.07) is 5.54. The smallest absolute Gasteiger partial charge is 0.121 e. The normalized spacial score (nSPS) is 10.3. The van der Waals surface area contributed by atoms with Gasteiger partial charge in [-0.3, -0.25) is 0 Å². The fourth-order valence-electron chi connectivity index (χ4n) is 1.36. The van der Waals surface area contributed by atoms with Crippen LogP contribution in [-0.4, -0.2) is 5.11 Å². The van der Waals surface area contributed by atoms with E-state index in [0.29, 0.717) is 0 Å². The van der Waals surface area contributed by atoms with E-state index in [9.17, 15) is 5.11 Å². The third-order valence-electron chi connectivity index (χ3n) is 2.03. The Morgan fingerprint density at radius 1 is 1.50 bits per heavy atom. The maximum absolute atomic E-state index is 9.59. The number of hydrogen-bond acceptors (Lipinski definition) is 3. The number of halogens is 1. The summed E-state index contributed by atoms with van der Waals surface area (Å²) < 4.78 is 2.00. The molecule has 14 heavy (non-hydrogen) atoms. The predicted octanol–water partition coefficient (Wildman–Crippen LogP) is 3.44. The maximum Gasteiger partial charge on any atom is 0.121 e. The van der Waals surface area contributed by atoms with Gasteiger partial charge in [-0.25, -0.2) is 0 Å². The molecule has 4 heteroatoms. The molecule has 2 rings (SSSR count). The van der Waals surface area contributed by atoms with E-state index >= 15 is 0 Å². The largest absolute Gasteiger partial charge is 0.508 e. The average molecular weight is 268 g/mol. The van der Waals surface area contributed by atoms with Gasteiger partial charge in [0.2, 0.25) is 0 Å². The highest BCUT2D eigenvalue weighted by Crippen LogP contribution is 2.36. The zero-order valence-electron chi connectivity index (χ0n) is 7.12. The highest BCUT2D eigenvalue weighted by atomic mass is 79.9. The summed E-state index contributed by atoms with van der Waals surface area (Å²) in [4.78, 5) is 0. The standard InChI is InChI=1S/C10H6BrNOS/c11-8-5-14-10-6(8)1-2-9(13)7(10)3-4-12/h1-2,5,13H,3H2. The van der Waals surface area contributed by atoms with Crippen LogP contribution in [0, 0.1) is 11.3 Å². The molecule has 2 aromatic rings. The molecule has 0 unspecified atom stereocenters. The molecule has 0 amide bonds. The number of benzene rings is 1. The molecule has 0 saturated heterocycles. The monoisotopic (exact) mass is 267 g/mol. The van der Waals surface area contributed by atoms with Crippen LogP contribution in [0.4, 0.5) is 0 Å². The number of hydrogen-bond donors (Lipinski definition) is 1. The Hall–Kier alpha value is -1.05. The van der Waals surface area contributed by atoms with Crippen LogP contribution < -0.4 is 0 Å². The van der Waals surface area contributed by atoms with Crippen molar-refractivity contribution >= 4 is 37.4 Å². The van der Waals surface area contributed by atoms with Crippen molar-refractivity contribution in [1.29, 1.82) is 5.26 Å². The van der Waals surface area contributed by atoms with Crippen molar-refractivity contribution in [2.24, 2.45) is 0 Å². The topological polar surface area (TPSA) is 44.0 Å². The Kier molecular flexibility index (Phi) is 2.44.